The van der Waals surface area contributed by atoms with Gasteiger partial charge in [-0.1, -0.05) is 46.6 Å². The van der Waals surface area contributed by atoms with Gasteiger partial charge in [0.05, 0.1) is 42.7 Å². The number of phenolic OH excluding ortho intramolecular Hbond substituents is 1. The minimum atomic E-state index is -2.15. The number of aliphatic hydroxyl groups excluding tert-OH is 6. The van der Waals surface area contributed by atoms with Gasteiger partial charge in [0, 0.05) is 107 Å². The predicted molar refractivity (Wildman–Crippen MR) is 342 cm³/mol. The number of rotatable bonds is 16. The number of β-amino-alcohol motifs (C(OH)–C–C–N with tert-alkyl or cyclic N) is 1. The fourth-order valence-corrected chi connectivity index (χ4v) is 13.0. The van der Waals surface area contributed by atoms with E-state index in [9.17, 15) is 69.3 Å². The maximum atomic E-state index is 14.7. The number of carbonyl (C=O) groups excluding carboxylic acids is 7. The molecule has 13 N–H and O–H groups in total. The summed E-state index contributed by atoms with van der Waals surface area (Å²) in [5.74, 6) is -9.49. The van der Waals surface area contributed by atoms with Crippen LogP contribution in [0.15, 0.2) is 91.0 Å². The summed E-state index contributed by atoms with van der Waals surface area (Å²) in [6.45, 7) is 16.3. The molecule has 0 spiro atoms. The van der Waals surface area contributed by atoms with E-state index >= 15 is 0 Å². The summed E-state index contributed by atoms with van der Waals surface area (Å²) in [4.78, 5) is 113. The molecule has 4 aromatic rings. The van der Waals surface area contributed by atoms with Gasteiger partial charge in [0.1, 0.15) is 36.3 Å². The van der Waals surface area contributed by atoms with Crippen molar-refractivity contribution >= 4 is 70.7 Å². The van der Waals surface area contributed by atoms with Gasteiger partial charge in [-0.2, -0.15) is 0 Å². The lowest BCUT2D eigenvalue weighted by Crippen LogP contribution is -2.64. The van der Waals surface area contributed by atoms with E-state index in [1.807, 2.05) is 0 Å². The summed E-state index contributed by atoms with van der Waals surface area (Å²) in [5, 5.41) is 103. The SMILES string of the molecule is [C-]#[N+]C[C@@H](O)[C@@H]1NC(=O)[C@H]([C@H](O)Cc2ccc(O)c(OSOOO)c2)NC(=O)[C@@H]2C[C@H](O)CN2C(=O)[C@H]([C@H](C)O)NC(=O)[C@@H](NC(=O)c2ccc(N3CCN(c4ccc(-c5ccc(N6C[C@@H](C)O[C@@H](C)C6)cc5)cc4)CC3)cc2)C[C@H](O)CNC(=O)[C@@H]2[C@@H](O)[C@H](C)CN2C1=O. The summed E-state index contributed by atoms with van der Waals surface area (Å²) >= 11 is 0.0730. The Hall–Kier alpha value is -8.39. The van der Waals surface area contributed by atoms with E-state index in [-0.39, 0.29) is 48.0 Å². The molecule has 31 heteroatoms. The first kappa shape index (κ1) is 70.9. The molecule has 0 saturated carbocycles. The van der Waals surface area contributed by atoms with Crippen molar-refractivity contribution in [1.29, 1.82) is 0 Å². The second-order valence-electron chi connectivity index (χ2n) is 24.7. The van der Waals surface area contributed by atoms with Crippen LogP contribution in [0, 0.1) is 12.5 Å². The number of anilines is 3. The van der Waals surface area contributed by atoms with Gasteiger partial charge in [-0.3, -0.25) is 33.6 Å². The minimum absolute atomic E-state index is 0.0730. The fraction of sp³-hybridized carbons (Fsp3) is 0.500. The van der Waals surface area contributed by atoms with E-state index in [2.05, 4.69) is 118 Å². The molecule has 5 fully saturated rings. The second kappa shape index (κ2) is 31.9. The van der Waals surface area contributed by atoms with Gasteiger partial charge in [-0.25, -0.2) is 11.8 Å². The first-order valence-electron chi connectivity index (χ1n) is 31.3. The molecule has 5 heterocycles. The molecule has 7 amide bonds. The molecule has 0 aromatic heterocycles. The molecule has 0 radical (unpaired) electrons. The summed E-state index contributed by atoms with van der Waals surface area (Å²) in [5.41, 5.74) is 5.45. The summed E-state index contributed by atoms with van der Waals surface area (Å²) < 4.78 is 15.2. The Bertz CT molecular complexity index is 3390. The minimum Gasteiger partial charge on any atom is -0.504 e. The Balaban J connectivity index is 0.926. The third-order valence-corrected chi connectivity index (χ3v) is 18.0. The number of piperazine rings is 1. The van der Waals surface area contributed by atoms with Crippen molar-refractivity contribution in [2.24, 2.45) is 5.92 Å². The highest BCUT2D eigenvalue weighted by Crippen LogP contribution is 2.33. The third-order valence-electron chi connectivity index (χ3n) is 17.7. The monoisotopic (exact) mass is 1340 g/mol. The van der Waals surface area contributed by atoms with Crippen molar-refractivity contribution in [1.82, 2.24) is 36.4 Å². The van der Waals surface area contributed by atoms with Crippen LogP contribution in [0.2, 0.25) is 0 Å². The molecule has 9 rings (SSSR count). The van der Waals surface area contributed by atoms with E-state index in [0.29, 0.717) is 26.2 Å². The average molecular weight is 1340 g/mol. The number of hydrogen-bond acceptors (Lipinski definition) is 23. The molecule has 30 nitrogen and oxygen atoms in total. The molecule has 4 aromatic carbocycles. The van der Waals surface area contributed by atoms with Crippen LogP contribution in [0.25, 0.3) is 16.0 Å². The van der Waals surface area contributed by atoms with Crippen LogP contribution >= 0.6 is 12.3 Å². The van der Waals surface area contributed by atoms with E-state index in [0.717, 1.165) is 64.1 Å². The smallest absolute Gasteiger partial charge is 0.261 e. The van der Waals surface area contributed by atoms with Crippen LogP contribution in [0.4, 0.5) is 17.1 Å². The molecule has 5 saturated heterocycles. The molecule has 512 valence electrons. The number of phenols is 1. The van der Waals surface area contributed by atoms with E-state index < -0.39 is 165 Å². The largest absolute Gasteiger partial charge is 0.504 e. The molecule has 0 unspecified atom stereocenters. The zero-order valence-corrected chi connectivity index (χ0v) is 53.5. The van der Waals surface area contributed by atoms with Crippen LogP contribution < -0.4 is 45.5 Å². The number of nitrogens with one attached hydrogen (secondary N) is 5. The first-order chi connectivity index (χ1) is 45.4. The zero-order chi connectivity index (χ0) is 68.4. The van der Waals surface area contributed by atoms with Crippen molar-refractivity contribution in [3.8, 4) is 22.6 Å². The maximum Gasteiger partial charge on any atom is 0.261 e. The maximum absolute atomic E-state index is 14.7. The highest BCUT2D eigenvalue weighted by atomic mass is 32.2. The van der Waals surface area contributed by atoms with Gasteiger partial charge >= 0.3 is 0 Å². The number of morpholine rings is 1. The number of carbonyl (C=O) groups is 7. The van der Waals surface area contributed by atoms with Crippen molar-refractivity contribution in [3.05, 3.63) is 114 Å². The van der Waals surface area contributed by atoms with Crippen LogP contribution in [-0.4, -0.2) is 243 Å². The molecule has 0 bridgehead atoms. The topological polar surface area (TPSA) is 399 Å². The van der Waals surface area contributed by atoms with Gasteiger partial charge < -0.3 is 101 Å². The van der Waals surface area contributed by atoms with E-state index in [1.165, 1.54) is 19.1 Å². The number of fused-ring (bicyclic) bond motifs is 2. The molecule has 5 aliphatic rings. The normalized spacial score (nSPS) is 27.7. The highest BCUT2D eigenvalue weighted by molar-refractivity contribution is 7.90. The van der Waals surface area contributed by atoms with E-state index in [4.69, 9.17) is 20.7 Å². The lowest BCUT2D eigenvalue weighted by atomic mass is 9.99. The van der Waals surface area contributed by atoms with Crippen LogP contribution in [0.1, 0.15) is 56.5 Å². The van der Waals surface area contributed by atoms with Crippen LogP contribution in [0.5, 0.6) is 11.5 Å². The number of ether oxygens (including phenoxy) is 1. The van der Waals surface area contributed by atoms with Crippen molar-refractivity contribution in [2.75, 3.05) is 80.1 Å². The Morgan fingerprint density at radius 1 is 0.684 bits per heavy atom. The van der Waals surface area contributed by atoms with Crippen molar-refractivity contribution in [2.45, 2.75) is 132 Å². The Morgan fingerprint density at radius 3 is 1.84 bits per heavy atom. The summed E-state index contributed by atoms with van der Waals surface area (Å²) in [6.07, 6.45) is -11.9. The van der Waals surface area contributed by atoms with E-state index in [1.54, 1.807) is 24.3 Å². The van der Waals surface area contributed by atoms with Gasteiger partial charge in [-0.15, -0.1) is 0 Å². The standard InChI is InChI=1S/C64H81N11O19S/c1-34-30-75-56(57(34)82)62(87)66-28-45(77)26-47(67-58(83)41-11-17-43(18-12-41)72-22-20-71(21-23-72)42-13-7-39(8-14-42)40-9-15-44(16-10-40)73-31-35(2)91-36(3)32-73)59(84)68-53(37(4)76)63(88)74-33-46(78)27-48(74)60(85)69-54(61(86)70-55(64(75)89)51(81)29-65-5)50(80)24-38-6-19-49(79)52(25-38)92-95-94-93-90/h6-19,25,34-37,45-48,50-51,53-57,76-82,90H,20-24,26-33H2,1-4H3,(H,66,87)(H,67,83)(H,68,84)(H,69,85)(H,70,86)/t34-,35-,36+,37+,45+,46+,47+,48+,50-,51-,53+,54+,55+,56+,57+/m1/s1. The lowest BCUT2D eigenvalue weighted by Gasteiger charge is -2.37. The van der Waals surface area contributed by atoms with Gasteiger partial charge in [0.25, 0.3) is 18.2 Å². The first-order valence-corrected chi connectivity index (χ1v) is 31.9. The van der Waals surface area contributed by atoms with Gasteiger partial charge in [-0.05, 0) is 98.1 Å². The van der Waals surface area contributed by atoms with Crippen molar-refractivity contribution in [3.63, 3.8) is 0 Å². The predicted octanol–water partition coefficient (Wildman–Crippen LogP) is -0.770. The van der Waals surface area contributed by atoms with Crippen molar-refractivity contribution < 1.29 is 92.9 Å². The number of hydrogen-bond donors (Lipinski definition) is 13. The summed E-state index contributed by atoms with van der Waals surface area (Å²) in [6, 6.07) is 15.8. The number of benzene rings is 4. The molecular formula is C64H81N11O19S. The quantitative estimate of drug-likeness (QED) is 0.0215. The highest BCUT2D eigenvalue weighted by Gasteiger charge is 2.50. The Kier molecular flexibility index (Phi) is 23.8. The number of nitrogens with zero attached hydrogens (tertiary/aromatic N) is 6. The number of aliphatic hydroxyl groups is 6. The number of amides is 7. The Labute approximate surface area is 552 Å². The van der Waals surface area contributed by atoms with Gasteiger partial charge in [0.15, 0.2) is 17.6 Å². The lowest BCUT2D eigenvalue weighted by molar-refractivity contribution is -0.433. The zero-order valence-electron chi connectivity index (χ0n) is 52.7. The fourth-order valence-electron chi connectivity index (χ4n) is 12.7. The molecule has 15 atom stereocenters. The molecule has 0 aliphatic carbocycles. The van der Waals surface area contributed by atoms with Crippen LogP contribution in [-0.2, 0) is 49.3 Å². The van der Waals surface area contributed by atoms with Gasteiger partial charge in [0.2, 0.25) is 42.0 Å². The third kappa shape index (κ3) is 17.4. The summed E-state index contributed by atoms with van der Waals surface area (Å²) in [7, 11) is 0. The molecule has 95 heavy (non-hydrogen) atoms. The number of aromatic hydroxyl groups is 1. The Morgan fingerprint density at radius 2 is 1.25 bits per heavy atom. The van der Waals surface area contributed by atoms with Crippen LogP contribution in [0.3, 0.4) is 0 Å². The second-order valence-corrected chi connectivity index (χ2v) is 25.2. The average Bonchev–Trinajstić information content (AvgIpc) is 1.72. The molecular weight excluding hydrogens is 1260 g/mol. The molecule has 5 aliphatic heterocycles.